The molecule has 0 fully saturated rings. The third kappa shape index (κ3) is 2.87. The fourth-order valence-corrected chi connectivity index (χ4v) is 1.86. The fourth-order valence-electron chi connectivity index (χ4n) is 1.86. The summed E-state index contributed by atoms with van der Waals surface area (Å²) in [5.41, 5.74) is 2.82. The largest absolute Gasteiger partial charge is 0.507 e. The van der Waals surface area contributed by atoms with Crippen LogP contribution < -0.4 is 5.32 Å². The Hall–Kier alpha value is -1.87. The van der Waals surface area contributed by atoms with Gasteiger partial charge >= 0.3 is 0 Å². The van der Waals surface area contributed by atoms with Crippen molar-refractivity contribution in [3.63, 3.8) is 0 Å². The Morgan fingerprint density at radius 2 is 2.06 bits per heavy atom. The second kappa shape index (κ2) is 5.65. The van der Waals surface area contributed by atoms with E-state index in [1.54, 1.807) is 6.20 Å². The lowest BCUT2D eigenvalue weighted by Gasteiger charge is -2.14. The van der Waals surface area contributed by atoms with Gasteiger partial charge in [0.1, 0.15) is 5.75 Å². The molecule has 0 amide bonds. The van der Waals surface area contributed by atoms with Crippen molar-refractivity contribution in [3.05, 3.63) is 59.4 Å². The van der Waals surface area contributed by atoms with E-state index in [0.717, 1.165) is 16.8 Å². The van der Waals surface area contributed by atoms with Gasteiger partial charge in [-0.1, -0.05) is 24.3 Å². The Balaban J connectivity index is 2.02. The van der Waals surface area contributed by atoms with Crippen LogP contribution in [0.3, 0.4) is 0 Å². The van der Waals surface area contributed by atoms with Crippen molar-refractivity contribution >= 4 is 0 Å². The van der Waals surface area contributed by atoms with E-state index < -0.39 is 0 Å². The van der Waals surface area contributed by atoms with Gasteiger partial charge in [0.25, 0.3) is 0 Å². The molecule has 3 nitrogen and oxygen atoms in total. The van der Waals surface area contributed by atoms with Gasteiger partial charge in [-0.3, -0.25) is 4.98 Å². The number of hydrogen-bond donors (Lipinski definition) is 2. The molecule has 3 heteroatoms. The molecule has 0 bridgehead atoms. The van der Waals surface area contributed by atoms with Crippen molar-refractivity contribution in [1.82, 2.24) is 10.3 Å². The number of nitrogens with one attached hydrogen (secondary N) is 1. The fraction of sp³-hybridized carbons (Fsp3) is 0.267. The molecule has 0 aliphatic heterocycles. The number of benzene rings is 1. The van der Waals surface area contributed by atoms with E-state index in [4.69, 9.17) is 0 Å². The lowest BCUT2D eigenvalue weighted by atomic mass is 10.1. The second-order valence-corrected chi connectivity index (χ2v) is 4.44. The lowest BCUT2D eigenvalue weighted by Crippen LogP contribution is -2.19. The summed E-state index contributed by atoms with van der Waals surface area (Å²) in [6.07, 6.45) is 1.79. The molecule has 18 heavy (non-hydrogen) atoms. The quantitative estimate of drug-likeness (QED) is 0.866. The SMILES string of the molecule is Cc1cccc(CNC(C)c2ccccn2)c1O. The minimum absolute atomic E-state index is 0.158. The number of hydrogen-bond acceptors (Lipinski definition) is 3. The highest BCUT2D eigenvalue weighted by atomic mass is 16.3. The van der Waals surface area contributed by atoms with E-state index >= 15 is 0 Å². The zero-order valence-corrected chi connectivity index (χ0v) is 10.7. The van der Waals surface area contributed by atoms with Gasteiger partial charge in [-0.2, -0.15) is 0 Å². The van der Waals surface area contributed by atoms with Gasteiger partial charge in [0.2, 0.25) is 0 Å². The highest BCUT2D eigenvalue weighted by Crippen LogP contribution is 2.21. The van der Waals surface area contributed by atoms with E-state index in [9.17, 15) is 5.11 Å². The van der Waals surface area contributed by atoms with Crippen LogP contribution in [0.4, 0.5) is 0 Å². The number of rotatable bonds is 4. The van der Waals surface area contributed by atoms with Crippen LogP contribution in [0.15, 0.2) is 42.6 Å². The summed E-state index contributed by atoms with van der Waals surface area (Å²) < 4.78 is 0. The maximum absolute atomic E-state index is 9.93. The predicted molar refractivity (Wildman–Crippen MR) is 72.3 cm³/mol. The Labute approximate surface area is 108 Å². The molecule has 0 saturated heterocycles. The average molecular weight is 242 g/mol. The summed E-state index contributed by atoms with van der Waals surface area (Å²) in [6, 6.07) is 11.8. The number of aryl methyl sites for hydroxylation is 1. The van der Waals surface area contributed by atoms with Crippen molar-refractivity contribution in [1.29, 1.82) is 0 Å². The maximum atomic E-state index is 9.93. The van der Waals surface area contributed by atoms with Crippen LogP contribution in [0.2, 0.25) is 0 Å². The van der Waals surface area contributed by atoms with Crippen molar-refractivity contribution in [2.24, 2.45) is 0 Å². The first-order valence-electron chi connectivity index (χ1n) is 6.10. The number of nitrogens with zero attached hydrogens (tertiary/aromatic N) is 1. The van der Waals surface area contributed by atoms with Crippen LogP contribution in [0.25, 0.3) is 0 Å². The first-order valence-corrected chi connectivity index (χ1v) is 6.10. The van der Waals surface area contributed by atoms with Crippen molar-refractivity contribution in [2.45, 2.75) is 26.4 Å². The molecule has 2 aromatic rings. The molecular formula is C15H18N2O. The third-order valence-corrected chi connectivity index (χ3v) is 3.05. The molecule has 2 N–H and O–H groups in total. The minimum Gasteiger partial charge on any atom is -0.507 e. The van der Waals surface area contributed by atoms with Gasteiger partial charge in [0.05, 0.1) is 5.69 Å². The van der Waals surface area contributed by atoms with Crippen LogP contribution in [-0.2, 0) is 6.54 Å². The highest BCUT2D eigenvalue weighted by Gasteiger charge is 2.08. The molecule has 0 spiro atoms. The van der Waals surface area contributed by atoms with E-state index in [-0.39, 0.29) is 6.04 Å². The van der Waals surface area contributed by atoms with E-state index in [0.29, 0.717) is 12.3 Å². The maximum Gasteiger partial charge on any atom is 0.122 e. The first kappa shape index (κ1) is 12.6. The van der Waals surface area contributed by atoms with Crippen LogP contribution in [0.5, 0.6) is 5.75 Å². The summed E-state index contributed by atoms with van der Waals surface area (Å²) >= 11 is 0. The molecule has 1 heterocycles. The number of aromatic hydroxyl groups is 1. The van der Waals surface area contributed by atoms with Gasteiger partial charge in [0, 0.05) is 24.3 Å². The van der Waals surface area contributed by atoms with E-state index in [1.165, 1.54) is 0 Å². The molecule has 0 saturated carbocycles. The Morgan fingerprint density at radius 1 is 1.22 bits per heavy atom. The summed E-state index contributed by atoms with van der Waals surface area (Å²) in [4.78, 5) is 4.31. The predicted octanol–water partition coefficient (Wildman–Crippen LogP) is 2.95. The zero-order valence-electron chi connectivity index (χ0n) is 10.7. The van der Waals surface area contributed by atoms with Crippen LogP contribution >= 0.6 is 0 Å². The molecule has 1 unspecified atom stereocenters. The number of phenolic OH excluding ortho intramolecular Hbond substituents is 1. The van der Waals surface area contributed by atoms with Crippen molar-refractivity contribution < 1.29 is 5.11 Å². The number of pyridine rings is 1. The molecule has 0 aliphatic rings. The van der Waals surface area contributed by atoms with Gasteiger partial charge < -0.3 is 10.4 Å². The smallest absolute Gasteiger partial charge is 0.122 e. The minimum atomic E-state index is 0.158. The monoisotopic (exact) mass is 242 g/mol. The standard InChI is InChI=1S/C15H18N2O/c1-11-6-5-7-13(15(11)18)10-17-12(2)14-8-3-4-9-16-14/h3-9,12,17-18H,10H2,1-2H3. The van der Waals surface area contributed by atoms with Crippen molar-refractivity contribution in [2.75, 3.05) is 0 Å². The second-order valence-electron chi connectivity index (χ2n) is 4.44. The molecule has 0 aliphatic carbocycles. The normalized spacial score (nSPS) is 12.3. The van der Waals surface area contributed by atoms with Gasteiger partial charge in [0.15, 0.2) is 0 Å². The van der Waals surface area contributed by atoms with Gasteiger partial charge in [-0.05, 0) is 31.5 Å². The van der Waals surface area contributed by atoms with Crippen LogP contribution in [-0.4, -0.2) is 10.1 Å². The molecule has 94 valence electrons. The molecule has 0 radical (unpaired) electrons. The molecule has 1 aromatic carbocycles. The summed E-state index contributed by atoms with van der Waals surface area (Å²) in [7, 11) is 0. The average Bonchev–Trinajstić information content (AvgIpc) is 2.41. The number of phenols is 1. The third-order valence-electron chi connectivity index (χ3n) is 3.05. The molecular weight excluding hydrogens is 224 g/mol. The van der Waals surface area contributed by atoms with Crippen LogP contribution in [0, 0.1) is 6.92 Å². The summed E-state index contributed by atoms with van der Waals surface area (Å²) in [6.45, 7) is 4.60. The molecule has 1 aromatic heterocycles. The van der Waals surface area contributed by atoms with E-state index in [1.807, 2.05) is 43.3 Å². The summed E-state index contributed by atoms with van der Waals surface area (Å²) in [5, 5.41) is 13.3. The highest BCUT2D eigenvalue weighted by molar-refractivity contribution is 5.39. The molecule has 2 rings (SSSR count). The van der Waals surface area contributed by atoms with Gasteiger partial charge in [-0.15, -0.1) is 0 Å². The number of para-hydroxylation sites is 1. The Kier molecular flexibility index (Phi) is 3.95. The van der Waals surface area contributed by atoms with E-state index in [2.05, 4.69) is 17.2 Å². The Bertz CT molecular complexity index is 511. The summed E-state index contributed by atoms with van der Waals surface area (Å²) in [5.74, 6) is 0.373. The first-order chi connectivity index (χ1) is 8.68. The van der Waals surface area contributed by atoms with Gasteiger partial charge in [-0.25, -0.2) is 0 Å². The molecule has 1 atom stereocenters. The van der Waals surface area contributed by atoms with Crippen molar-refractivity contribution in [3.8, 4) is 5.75 Å². The lowest BCUT2D eigenvalue weighted by molar-refractivity contribution is 0.455. The Morgan fingerprint density at radius 3 is 2.78 bits per heavy atom. The zero-order chi connectivity index (χ0) is 13.0. The topological polar surface area (TPSA) is 45.2 Å². The van der Waals surface area contributed by atoms with Crippen LogP contribution in [0.1, 0.15) is 29.8 Å². The number of aromatic nitrogens is 1.